The minimum Gasteiger partial charge on any atom is -0.507 e. The van der Waals surface area contributed by atoms with Crippen LogP contribution in [0.4, 0.5) is 0 Å². The van der Waals surface area contributed by atoms with Crippen LogP contribution >= 0.6 is 0 Å². The molecule has 1 atom stereocenters. The molecule has 0 saturated heterocycles. The van der Waals surface area contributed by atoms with Crippen molar-refractivity contribution in [3.05, 3.63) is 77.4 Å². The number of phenols is 1. The van der Waals surface area contributed by atoms with Crippen LogP contribution in [0, 0.1) is 0 Å². The minimum atomic E-state index is -0.683. The summed E-state index contributed by atoms with van der Waals surface area (Å²) in [5.74, 6) is -1.45. The Morgan fingerprint density at radius 2 is 1.81 bits per heavy atom. The summed E-state index contributed by atoms with van der Waals surface area (Å²) >= 11 is 0. The van der Waals surface area contributed by atoms with Crippen LogP contribution < -0.4 is 4.74 Å². The number of esters is 1. The van der Waals surface area contributed by atoms with Gasteiger partial charge >= 0.3 is 5.97 Å². The normalized spacial score (nSPS) is 14.3. The van der Waals surface area contributed by atoms with E-state index in [1.54, 1.807) is 18.2 Å². The monoisotopic (exact) mass is 421 g/mol. The van der Waals surface area contributed by atoms with Crippen molar-refractivity contribution in [2.75, 3.05) is 20.3 Å². The molecular formula is C24H23NO6. The number of nitrogens with zero attached hydrogens (tertiary/aromatic N) is 1. The number of phenolic OH excluding ortho intramolecular Hbond substituents is 1. The van der Waals surface area contributed by atoms with Gasteiger partial charge in [-0.25, -0.2) is 4.79 Å². The number of ether oxygens (including phenoxy) is 2. The first kappa shape index (κ1) is 21.8. The van der Waals surface area contributed by atoms with Crippen molar-refractivity contribution in [1.82, 2.24) is 4.90 Å². The molecule has 0 radical (unpaired) electrons. The standard InChI is InChI=1S/C24H23NO6/c1-16(17-7-4-3-5-8-17)15-31-24(29)23-18(13-19(30-2)14-20(23)26)9-6-12-25-21(27)10-11-22(25)28/h3-11,13-14,16,26H,12,15H2,1-2H3. The van der Waals surface area contributed by atoms with Gasteiger partial charge in [-0.05, 0) is 17.2 Å². The third-order valence-electron chi connectivity index (χ3n) is 4.88. The van der Waals surface area contributed by atoms with Gasteiger partial charge in [-0.15, -0.1) is 0 Å². The van der Waals surface area contributed by atoms with Crippen LogP contribution in [0.5, 0.6) is 11.5 Å². The number of benzene rings is 2. The molecule has 0 fully saturated rings. The first-order chi connectivity index (χ1) is 14.9. The summed E-state index contributed by atoms with van der Waals surface area (Å²) in [4.78, 5) is 37.2. The number of hydrogen-bond acceptors (Lipinski definition) is 6. The maximum absolute atomic E-state index is 12.8. The van der Waals surface area contributed by atoms with Crippen molar-refractivity contribution in [2.45, 2.75) is 12.8 Å². The van der Waals surface area contributed by atoms with Gasteiger partial charge in [0.15, 0.2) is 0 Å². The molecule has 7 nitrogen and oxygen atoms in total. The lowest BCUT2D eigenvalue weighted by molar-refractivity contribution is -0.136. The average molecular weight is 421 g/mol. The van der Waals surface area contributed by atoms with E-state index in [1.807, 2.05) is 37.3 Å². The number of aromatic hydroxyl groups is 1. The molecule has 1 heterocycles. The number of methoxy groups -OCH3 is 1. The molecule has 0 aromatic heterocycles. The van der Waals surface area contributed by atoms with E-state index < -0.39 is 17.8 Å². The van der Waals surface area contributed by atoms with Crippen molar-refractivity contribution < 1.29 is 29.0 Å². The van der Waals surface area contributed by atoms with Gasteiger partial charge in [0.25, 0.3) is 11.8 Å². The molecule has 0 spiro atoms. The second-order valence-corrected chi connectivity index (χ2v) is 7.04. The summed E-state index contributed by atoms with van der Waals surface area (Å²) in [6.07, 6.45) is 5.49. The second kappa shape index (κ2) is 9.75. The van der Waals surface area contributed by atoms with Gasteiger partial charge in [0.2, 0.25) is 0 Å². The highest BCUT2D eigenvalue weighted by Gasteiger charge is 2.22. The number of carbonyl (C=O) groups excluding carboxylic acids is 3. The Morgan fingerprint density at radius 3 is 2.45 bits per heavy atom. The highest BCUT2D eigenvalue weighted by molar-refractivity contribution is 6.13. The largest absolute Gasteiger partial charge is 0.507 e. The molecule has 1 aliphatic heterocycles. The van der Waals surface area contributed by atoms with Gasteiger partial charge in [-0.2, -0.15) is 0 Å². The zero-order valence-corrected chi connectivity index (χ0v) is 17.3. The molecule has 2 amide bonds. The Morgan fingerprint density at radius 1 is 1.13 bits per heavy atom. The minimum absolute atomic E-state index is 0.0190. The summed E-state index contributed by atoms with van der Waals surface area (Å²) in [5, 5.41) is 10.4. The van der Waals surface area contributed by atoms with Crippen molar-refractivity contribution in [3.63, 3.8) is 0 Å². The van der Waals surface area contributed by atoms with Crippen LogP contribution in [0.2, 0.25) is 0 Å². The van der Waals surface area contributed by atoms with Crippen LogP contribution in [0.3, 0.4) is 0 Å². The van der Waals surface area contributed by atoms with E-state index in [2.05, 4.69) is 0 Å². The number of amides is 2. The Kier molecular flexibility index (Phi) is 6.87. The van der Waals surface area contributed by atoms with Gasteiger partial charge in [0, 0.05) is 30.7 Å². The molecule has 1 aliphatic rings. The number of carbonyl (C=O) groups is 3. The molecule has 0 aliphatic carbocycles. The topological polar surface area (TPSA) is 93.1 Å². The van der Waals surface area contributed by atoms with Crippen LogP contribution in [0.25, 0.3) is 6.08 Å². The molecule has 7 heteroatoms. The zero-order chi connectivity index (χ0) is 22.4. The van der Waals surface area contributed by atoms with Crippen molar-refractivity contribution in [1.29, 1.82) is 0 Å². The second-order valence-electron chi connectivity index (χ2n) is 7.04. The SMILES string of the molecule is COc1cc(O)c(C(=O)OCC(C)c2ccccc2)c(C=CCN2C(=O)C=CC2=O)c1. The van der Waals surface area contributed by atoms with Gasteiger partial charge in [-0.1, -0.05) is 49.4 Å². The number of imide groups is 1. The summed E-state index contributed by atoms with van der Waals surface area (Å²) in [7, 11) is 1.44. The van der Waals surface area contributed by atoms with Crippen molar-refractivity contribution in [2.24, 2.45) is 0 Å². The van der Waals surface area contributed by atoms with E-state index >= 15 is 0 Å². The molecule has 160 valence electrons. The van der Waals surface area contributed by atoms with E-state index in [9.17, 15) is 19.5 Å². The van der Waals surface area contributed by atoms with Crippen LogP contribution in [-0.4, -0.2) is 48.1 Å². The predicted molar refractivity (Wildman–Crippen MR) is 115 cm³/mol. The Hall–Kier alpha value is -3.87. The molecule has 1 unspecified atom stereocenters. The Balaban J connectivity index is 1.77. The molecular weight excluding hydrogens is 398 g/mol. The average Bonchev–Trinajstić information content (AvgIpc) is 3.09. The highest BCUT2D eigenvalue weighted by Crippen LogP contribution is 2.30. The van der Waals surface area contributed by atoms with Gasteiger partial charge in [0.1, 0.15) is 17.1 Å². The summed E-state index contributed by atoms with van der Waals surface area (Å²) < 4.78 is 10.6. The lowest BCUT2D eigenvalue weighted by Gasteiger charge is -2.15. The van der Waals surface area contributed by atoms with Crippen LogP contribution in [0.15, 0.2) is 60.7 Å². The van der Waals surface area contributed by atoms with Crippen molar-refractivity contribution in [3.8, 4) is 11.5 Å². The smallest absolute Gasteiger partial charge is 0.342 e. The van der Waals surface area contributed by atoms with E-state index in [-0.39, 0.29) is 30.4 Å². The fraction of sp³-hybridized carbons (Fsp3) is 0.208. The first-order valence-corrected chi connectivity index (χ1v) is 9.74. The zero-order valence-electron chi connectivity index (χ0n) is 17.3. The van der Waals surface area contributed by atoms with E-state index in [0.717, 1.165) is 10.5 Å². The molecule has 0 saturated carbocycles. The molecule has 2 aromatic rings. The third kappa shape index (κ3) is 5.19. The maximum atomic E-state index is 12.8. The third-order valence-corrected chi connectivity index (χ3v) is 4.88. The molecule has 1 N–H and O–H groups in total. The lowest BCUT2D eigenvalue weighted by atomic mass is 10.0. The number of hydrogen-bond donors (Lipinski definition) is 1. The quantitative estimate of drug-likeness (QED) is 0.519. The fourth-order valence-electron chi connectivity index (χ4n) is 3.14. The Bertz CT molecular complexity index is 1020. The lowest BCUT2D eigenvalue weighted by Crippen LogP contribution is -2.29. The number of rotatable bonds is 8. The fourth-order valence-corrected chi connectivity index (χ4v) is 3.14. The van der Waals surface area contributed by atoms with Crippen LogP contribution in [-0.2, 0) is 14.3 Å². The Labute approximate surface area is 180 Å². The van der Waals surface area contributed by atoms with Gasteiger partial charge in [0.05, 0.1) is 13.7 Å². The summed E-state index contributed by atoms with van der Waals surface area (Å²) in [5.41, 5.74) is 1.36. The molecule has 3 rings (SSSR count). The van der Waals surface area contributed by atoms with Crippen LogP contribution in [0.1, 0.15) is 34.3 Å². The molecule has 2 aromatic carbocycles. The highest BCUT2D eigenvalue weighted by atomic mass is 16.5. The predicted octanol–water partition coefficient (Wildman–Crippen LogP) is 3.30. The first-order valence-electron chi connectivity index (χ1n) is 9.74. The summed E-state index contributed by atoms with van der Waals surface area (Å²) in [6.45, 7) is 2.11. The van der Waals surface area contributed by atoms with E-state index in [1.165, 1.54) is 25.3 Å². The maximum Gasteiger partial charge on any atom is 0.342 e. The van der Waals surface area contributed by atoms with Gasteiger partial charge in [-0.3, -0.25) is 14.5 Å². The van der Waals surface area contributed by atoms with Gasteiger partial charge < -0.3 is 14.6 Å². The van der Waals surface area contributed by atoms with E-state index in [0.29, 0.717) is 11.3 Å². The summed E-state index contributed by atoms with van der Waals surface area (Å²) in [6, 6.07) is 12.5. The van der Waals surface area contributed by atoms with E-state index in [4.69, 9.17) is 9.47 Å². The molecule has 31 heavy (non-hydrogen) atoms. The molecule has 0 bridgehead atoms. The van der Waals surface area contributed by atoms with Crippen molar-refractivity contribution >= 4 is 23.9 Å².